The quantitative estimate of drug-likeness (QED) is 0.892. The summed E-state index contributed by atoms with van der Waals surface area (Å²) in [4.78, 5) is 23.9. The van der Waals surface area contributed by atoms with Crippen molar-refractivity contribution in [2.24, 2.45) is 11.8 Å². The van der Waals surface area contributed by atoms with Crippen LogP contribution in [0.5, 0.6) is 0 Å². The molecule has 0 unspecified atom stereocenters. The summed E-state index contributed by atoms with van der Waals surface area (Å²) in [6.07, 6.45) is 0.860. The second-order valence-electron chi connectivity index (χ2n) is 7.72. The van der Waals surface area contributed by atoms with Crippen LogP contribution in [0.1, 0.15) is 12.0 Å². The molecule has 142 valence electrons. The first kappa shape index (κ1) is 16.7. The molecule has 1 saturated carbocycles. The number of hydrogen-bond donors (Lipinski definition) is 1. The zero-order valence-corrected chi connectivity index (χ0v) is 15.1. The first-order valence-electron chi connectivity index (χ1n) is 9.60. The van der Waals surface area contributed by atoms with Crippen LogP contribution in [-0.4, -0.2) is 48.6 Å². The molecule has 4 atom stereocenters. The van der Waals surface area contributed by atoms with Gasteiger partial charge in [-0.25, -0.2) is 4.39 Å². The Bertz CT molecular complexity index is 874. The van der Waals surface area contributed by atoms with E-state index in [2.05, 4.69) is 34.1 Å². The van der Waals surface area contributed by atoms with Crippen LogP contribution in [0.15, 0.2) is 41.2 Å². The summed E-state index contributed by atoms with van der Waals surface area (Å²) < 4.78 is 18.6. The van der Waals surface area contributed by atoms with Crippen molar-refractivity contribution in [3.8, 4) is 0 Å². The Labute approximate surface area is 157 Å². The molecule has 0 amide bonds. The number of anilines is 2. The van der Waals surface area contributed by atoms with Crippen molar-refractivity contribution in [2.45, 2.75) is 25.2 Å². The SMILES string of the molecule is O=c1cc(N2CCO[C@H](F)C2)nc(N2C[C@H]3C[C@H]3[C@@H]2Cc2ccccc2)[nH]1. The molecule has 1 aromatic heterocycles. The maximum absolute atomic E-state index is 13.6. The second-order valence-corrected chi connectivity index (χ2v) is 7.72. The van der Waals surface area contributed by atoms with Gasteiger partial charge in [0.05, 0.1) is 13.2 Å². The minimum absolute atomic E-state index is 0.106. The minimum Gasteiger partial charge on any atom is -0.349 e. The topological polar surface area (TPSA) is 61.5 Å². The van der Waals surface area contributed by atoms with Crippen LogP contribution in [0, 0.1) is 11.8 Å². The van der Waals surface area contributed by atoms with Gasteiger partial charge in [-0.15, -0.1) is 0 Å². The fourth-order valence-corrected chi connectivity index (χ4v) is 4.48. The lowest BCUT2D eigenvalue weighted by molar-refractivity contribution is -0.0467. The van der Waals surface area contributed by atoms with Gasteiger partial charge < -0.3 is 14.5 Å². The number of aromatic nitrogens is 2. The van der Waals surface area contributed by atoms with E-state index < -0.39 is 6.36 Å². The number of nitrogens with zero attached hydrogens (tertiary/aromatic N) is 3. The Morgan fingerprint density at radius 2 is 2.11 bits per heavy atom. The average molecular weight is 370 g/mol. The summed E-state index contributed by atoms with van der Waals surface area (Å²) in [7, 11) is 0. The molecule has 1 aromatic carbocycles. The van der Waals surface area contributed by atoms with E-state index in [1.165, 1.54) is 18.1 Å². The van der Waals surface area contributed by atoms with Gasteiger partial charge in [0, 0.05) is 25.2 Å². The van der Waals surface area contributed by atoms with Gasteiger partial charge in [-0.05, 0) is 30.2 Å². The molecule has 1 aliphatic carbocycles. The highest BCUT2D eigenvalue weighted by Gasteiger charge is 2.52. The molecule has 5 rings (SSSR count). The zero-order chi connectivity index (χ0) is 18.4. The molecule has 27 heavy (non-hydrogen) atoms. The summed E-state index contributed by atoms with van der Waals surface area (Å²) in [5.41, 5.74) is 1.10. The van der Waals surface area contributed by atoms with Gasteiger partial charge in [-0.1, -0.05) is 30.3 Å². The van der Waals surface area contributed by atoms with Crippen LogP contribution in [0.25, 0.3) is 0 Å². The second kappa shape index (κ2) is 6.64. The van der Waals surface area contributed by atoms with Crippen molar-refractivity contribution >= 4 is 11.8 Å². The average Bonchev–Trinajstić information content (AvgIpc) is 3.36. The third-order valence-corrected chi connectivity index (χ3v) is 5.93. The van der Waals surface area contributed by atoms with E-state index in [4.69, 9.17) is 9.72 Å². The Hall–Kier alpha value is -2.41. The van der Waals surface area contributed by atoms with E-state index in [1.54, 1.807) is 4.90 Å². The number of piperidine rings is 1. The molecule has 2 aromatic rings. The summed E-state index contributed by atoms with van der Waals surface area (Å²) in [6, 6.07) is 12.2. The van der Waals surface area contributed by atoms with Crippen molar-refractivity contribution < 1.29 is 9.13 Å². The number of nitrogens with one attached hydrogen (secondary N) is 1. The smallest absolute Gasteiger partial charge is 0.254 e. The molecule has 0 radical (unpaired) electrons. The molecule has 3 aliphatic rings. The number of hydrogen-bond acceptors (Lipinski definition) is 5. The monoisotopic (exact) mass is 370 g/mol. The van der Waals surface area contributed by atoms with Crippen LogP contribution in [0.3, 0.4) is 0 Å². The normalized spacial score (nSPS) is 29.7. The first-order valence-corrected chi connectivity index (χ1v) is 9.60. The number of ether oxygens (including phenoxy) is 1. The van der Waals surface area contributed by atoms with E-state index in [0.29, 0.717) is 42.8 Å². The number of alkyl halides is 1. The minimum atomic E-state index is -1.34. The molecule has 6 nitrogen and oxygen atoms in total. The lowest BCUT2D eigenvalue weighted by Gasteiger charge is -2.32. The molecule has 1 N–H and O–H groups in total. The lowest BCUT2D eigenvalue weighted by Crippen LogP contribution is -2.42. The number of aromatic amines is 1. The molecule has 2 saturated heterocycles. The van der Waals surface area contributed by atoms with Crippen LogP contribution in [0.2, 0.25) is 0 Å². The summed E-state index contributed by atoms with van der Waals surface area (Å²) in [5.74, 6) is 2.48. The van der Waals surface area contributed by atoms with Crippen molar-refractivity contribution in [2.75, 3.05) is 36.0 Å². The van der Waals surface area contributed by atoms with Crippen molar-refractivity contribution in [1.29, 1.82) is 0 Å². The van der Waals surface area contributed by atoms with Gasteiger partial charge in [-0.2, -0.15) is 4.98 Å². The van der Waals surface area contributed by atoms with E-state index in [-0.39, 0.29) is 12.1 Å². The van der Waals surface area contributed by atoms with Crippen LogP contribution < -0.4 is 15.4 Å². The molecule has 2 aliphatic heterocycles. The Morgan fingerprint density at radius 1 is 1.26 bits per heavy atom. The van der Waals surface area contributed by atoms with Crippen molar-refractivity contribution in [3.63, 3.8) is 0 Å². The highest BCUT2D eigenvalue weighted by atomic mass is 19.1. The predicted molar refractivity (Wildman–Crippen MR) is 101 cm³/mol. The lowest BCUT2D eigenvalue weighted by atomic mass is 10.0. The number of H-pyrrole nitrogens is 1. The maximum Gasteiger partial charge on any atom is 0.254 e. The third-order valence-electron chi connectivity index (χ3n) is 5.93. The molecule has 3 fully saturated rings. The number of fused-ring (bicyclic) bond motifs is 1. The Kier molecular flexibility index (Phi) is 4.11. The van der Waals surface area contributed by atoms with Gasteiger partial charge in [-0.3, -0.25) is 9.78 Å². The Balaban J connectivity index is 1.42. The van der Waals surface area contributed by atoms with E-state index >= 15 is 0 Å². The number of rotatable bonds is 4. The molecule has 7 heteroatoms. The number of benzene rings is 1. The largest absolute Gasteiger partial charge is 0.349 e. The first-order chi connectivity index (χ1) is 13.2. The molecular formula is C20H23FN4O2. The van der Waals surface area contributed by atoms with E-state index in [9.17, 15) is 9.18 Å². The number of morpholine rings is 1. The molecule has 0 spiro atoms. The van der Waals surface area contributed by atoms with Gasteiger partial charge in [0.15, 0.2) is 0 Å². The van der Waals surface area contributed by atoms with Gasteiger partial charge in [0.2, 0.25) is 12.3 Å². The zero-order valence-electron chi connectivity index (χ0n) is 15.1. The van der Waals surface area contributed by atoms with Crippen molar-refractivity contribution in [3.05, 3.63) is 52.3 Å². The fraction of sp³-hybridized carbons (Fsp3) is 0.500. The number of halogens is 1. The van der Waals surface area contributed by atoms with Crippen LogP contribution >= 0.6 is 0 Å². The fourth-order valence-electron chi connectivity index (χ4n) is 4.48. The molecule has 0 bridgehead atoms. The van der Waals surface area contributed by atoms with Gasteiger partial charge >= 0.3 is 0 Å². The molecule has 3 heterocycles. The van der Waals surface area contributed by atoms with Gasteiger partial charge in [0.1, 0.15) is 5.82 Å². The van der Waals surface area contributed by atoms with Crippen LogP contribution in [0.4, 0.5) is 16.2 Å². The Morgan fingerprint density at radius 3 is 2.93 bits per heavy atom. The highest BCUT2D eigenvalue weighted by molar-refractivity contribution is 5.47. The molecular weight excluding hydrogens is 347 g/mol. The third kappa shape index (κ3) is 3.32. The van der Waals surface area contributed by atoms with Gasteiger partial charge in [0.25, 0.3) is 5.56 Å². The predicted octanol–water partition coefficient (Wildman–Crippen LogP) is 1.97. The summed E-state index contributed by atoms with van der Waals surface area (Å²) in [6.45, 7) is 1.86. The summed E-state index contributed by atoms with van der Waals surface area (Å²) >= 11 is 0. The maximum atomic E-state index is 13.6. The van der Waals surface area contributed by atoms with E-state index in [1.807, 2.05) is 6.07 Å². The van der Waals surface area contributed by atoms with Crippen molar-refractivity contribution in [1.82, 2.24) is 9.97 Å². The van der Waals surface area contributed by atoms with E-state index in [0.717, 1.165) is 13.0 Å². The standard InChI is InChI=1S/C20H23FN4O2/c21-17-12-24(6-7-27-17)18-10-19(26)23-20(22-18)25-11-14-9-15(14)16(25)8-13-4-2-1-3-5-13/h1-5,10,14-17H,6-9,11-12H2,(H,22,23,26)/t14-,15-,16+,17+/m1/s1. The summed E-state index contributed by atoms with van der Waals surface area (Å²) in [5, 5.41) is 0. The highest BCUT2D eigenvalue weighted by Crippen LogP contribution is 2.51. The van der Waals surface area contributed by atoms with Crippen LogP contribution in [-0.2, 0) is 11.2 Å².